The molecule has 0 spiro atoms. The third-order valence-electron chi connectivity index (χ3n) is 4.68. The van der Waals surface area contributed by atoms with E-state index >= 15 is 0 Å². The van der Waals surface area contributed by atoms with E-state index in [4.69, 9.17) is 4.42 Å². The van der Waals surface area contributed by atoms with Crippen LogP contribution in [0.5, 0.6) is 0 Å². The fourth-order valence-electron chi connectivity index (χ4n) is 3.14. The quantitative estimate of drug-likeness (QED) is 0.810. The van der Waals surface area contributed by atoms with E-state index in [1.54, 1.807) is 6.92 Å². The second-order valence-electron chi connectivity index (χ2n) is 6.38. The molecule has 5 nitrogen and oxygen atoms in total. The van der Waals surface area contributed by atoms with E-state index in [1.165, 1.54) is 5.56 Å². The van der Waals surface area contributed by atoms with E-state index in [2.05, 4.69) is 22.0 Å². The Labute approximate surface area is 136 Å². The van der Waals surface area contributed by atoms with E-state index in [0.717, 1.165) is 31.5 Å². The standard InChI is InChI=1S/C18H23N3O2/c1-12-4-6-15(7-5-12)17(22)16-8-10-21(11-9-16)13(2)18-20-19-14(3)23-18/h4-7,13,16H,8-11H2,1-3H3. The second-order valence-corrected chi connectivity index (χ2v) is 6.38. The SMILES string of the molecule is Cc1ccc(C(=O)C2CCN(C(C)c3nnc(C)o3)CC2)cc1. The summed E-state index contributed by atoms with van der Waals surface area (Å²) in [5.74, 6) is 1.64. The van der Waals surface area contributed by atoms with Gasteiger partial charge in [-0.15, -0.1) is 10.2 Å². The molecule has 1 aliphatic rings. The average molecular weight is 313 g/mol. The summed E-state index contributed by atoms with van der Waals surface area (Å²) < 4.78 is 5.52. The number of hydrogen-bond acceptors (Lipinski definition) is 5. The number of carbonyl (C=O) groups excluding carboxylic acids is 1. The van der Waals surface area contributed by atoms with Crippen molar-refractivity contribution in [2.75, 3.05) is 13.1 Å². The Morgan fingerprint density at radius 1 is 1.17 bits per heavy atom. The van der Waals surface area contributed by atoms with Gasteiger partial charge in [0.15, 0.2) is 5.78 Å². The minimum atomic E-state index is 0.103. The van der Waals surface area contributed by atoms with Gasteiger partial charge in [0.05, 0.1) is 6.04 Å². The van der Waals surface area contributed by atoms with Crippen molar-refractivity contribution in [3.8, 4) is 0 Å². The fraction of sp³-hybridized carbons (Fsp3) is 0.500. The van der Waals surface area contributed by atoms with Gasteiger partial charge in [0, 0.05) is 18.4 Å². The van der Waals surface area contributed by atoms with E-state index in [1.807, 2.05) is 31.2 Å². The molecule has 1 atom stereocenters. The summed E-state index contributed by atoms with van der Waals surface area (Å²) in [6.45, 7) is 7.67. The molecule has 2 aromatic rings. The average Bonchev–Trinajstić information content (AvgIpc) is 3.01. The smallest absolute Gasteiger partial charge is 0.233 e. The second kappa shape index (κ2) is 6.62. The Balaban J connectivity index is 1.59. The van der Waals surface area contributed by atoms with Crippen LogP contribution in [0.2, 0.25) is 0 Å². The van der Waals surface area contributed by atoms with Crippen molar-refractivity contribution in [2.45, 2.75) is 39.7 Å². The van der Waals surface area contributed by atoms with Crippen LogP contribution in [0.3, 0.4) is 0 Å². The van der Waals surface area contributed by atoms with Crippen LogP contribution in [-0.2, 0) is 0 Å². The summed E-state index contributed by atoms with van der Waals surface area (Å²) in [5, 5.41) is 8.00. The highest BCUT2D eigenvalue weighted by Gasteiger charge is 2.29. The number of aromatic nitrogens is 2. The van der Waals surface area contributed by atoms with Crippen LogP contribution in [-0.4, -0.2) is 34.0 Å². The van der Waals surface area contributed by atoms with Crippen LogP contribution in [0, 0.1) is 19.8 Å². The lowest BCUT2D eigenvalue weighted by Gasteiger charge is -2.34. The summed E-state index contributed by atoms with van der Waals surface area (Å²) in [6.07, 6.45) is 1.76. The van der Waals surface area contributed by atoms with Crippen molar-refractivity contribution in [1.29, 1.82) is 0 Å². The van der Waals surface area contributed by atoms with Crippen LogP contribution >= 0.6 is 0 Å². The Morgan fingerprint density at radius 3 is 2.39 bits per heavy atom. The first-order chi connectivity index (χ1) is 11.0. The molecule has 1 aliphatic heterocycles. The van der Waals surface area contributed by atoms with Crippen LogP contribution in [0.25, 0.3) is 0 Å². The molecule has 1 aromatic heterocycles. The van der Waals surface area contributed by atoms with Crippen molar-refractivity contribution < 1.29 is 9.21 Å². The summed E-state index contributed by atoms with van der Waals surface area (Å²) in [6, 6.07) is 7.98. The lowest BCUT2D eigenvalue weighted by molar-refractivity contribution is 0.0780. The minimum absolute atomic E-state index is 0.103. The molecule has 1 unspecified atom stereocenters. The van der Waals surface area contributed by atoms with Crippen LogP contribution in [0.1, 0.15) is 53.5 Å². The third-order valence-corrected chi connectivity index (χ3v) is 4.68. The predicted molar refractivity (Wildman–Crippen MR) is 87.3 cm³/mol. The highest BCUT2D eigenvalue weighted by molar-refractivity contribution is 5.97. The molecular formula is C18H23N3O2. The first kappa shape index (κ1) is 15.9. The first-order valence-electron chi connectivity index (χ1n) is 8.19. The highest BCUT2D eigenvalue weighted by atomic mass is 16.4. The van der Waals surface area contributed by atoms with E-state index < -0.39 is 0 Å². The number of Topliss-reactive ketones (excluding diaryl/α,β-unsaturated/α-hetero) is 1. The Morgan fingerprint density at radius 2 is 1.83 bits per heavy atom. The molecule has 0 bridgehead atoms. The third kappa shape index (κ3) is 3.50. The Hall–Kier alpha value is -2.01. The topological polar surface area (TPSA) is 59.2 Å². The number of aryl methyl sites for hydroxylation is 2. The summed E-state index contributed by atoms with van der Waals surface area (Å²) in [7, 11) is 0. The molecule has 3 rings (SSSR count). The lowest BCUT2D eigenvalue weighted by atomic mass is 9.88. The molecule has 0 amide bonds. The van der Waals surface area contributed by atoms with E-state index in [-0.39, 0.29) is 17.7 Å². The fourth-order valence-corrected chi connectivity index (χ4v) is 3.14. The first-order valence-corrected chi connectivity index (χ1v) is 8.19. The molecule has 0 aliphatic carbocycles. The molecule has 1 fully saturated rings. The molecule has 1 saturated heterocycles. The lowest BCUT2D eigenvalue weighted by Crippen LogP contribution is -2.38. The van der Waals surface area contributed by atoms with Gasteiger partial charge in [0.1, 0.15) is 0 Å². The number of likely N-dealkylation sites (tertiary alicyclic amines) is 1. The zero-order valence-corrected chi connectivity index (χ0v) is 14.0. The molecule has 0 radical (unpaired) electrons. The highest BCUT2D eigenvalue weighted by Crippen LogP contribution is 2.27. The van der Waals surface area contributed by atoms with E-state index in [0.29, 0.717) is 11.8 Å². The maximum Gasteiger partial charge on any atom is 0.233 e. The maximum absolute atomic E-state index is 12.6. The minimum Gasteiger partial charge on any atom is -0.424 e. The Kier molecular flexibility index (Phi) is 4.57. The number of carbonyl (C=O) groups is 1. The summed E-state index contributed by atoms with van der Waals surface area (Å²) in [5.41, 5.74) is 2.01. The monoisotopic (exact) mass is 313 g/mol. The summed E-state index contributed by atoms with van der Waals surface area (Å²) in [4.78, 5) is 14.9. The molecule has 23 heavy (non-hydrogen) atoms. The van der Waals surface area contributed by atoms with Gasteiger partial charge >= 0.3 is 0 Å². The molecular weight excluding hydrogens is 290 g/mol. The molecule has 0 N–H and O–H groups in total. The molecule has 1 aromatic carbocycles. The molecule has 5 heteroatoms. The predicted octanol–water partition coefficient (Wildman–Crippen LogP) is 3.34. The van der Waals surface area contributed by atoms with Crippen molar-refractivity contribution in [3.63, 3.8) is 0 Å². The zero-order valence-electron chi connectivity index (χ0n) is 14.0. The number of ketones is 1. The molecule has 2 heterocycles. The number of nitrogens with zero attached hydrogens (tertiary/aromatic N) is 3. The van der Waals surface area contributed by atoms with Gasteiger partial charge < -0.3 is 4.42 Å². The largest absolute Gasteiger partial charge is 0.424 e. The number of piperidine rings is 1. The van der Waals surface area contributed by atoms with Gasteiger partial charge in [-0.1, -0.05) is 29.8 Å². The van der Waals surface area contributed by atoms with E-state index in [9.17, 15) is 4.79 Å². The molecule has 122 valence electrons. The van der Waals surface area contributed by atoms with Gasteiger partial charge in [0.25, 0.3) is 0 Å². The van der Waals surface area contributed by atoms with Gasteiger partial charge in [0.2, 0.25) is 11.8 Å². The van der Waals surface area contributed by atoms with Crippen molar-refractivity contribution in [3.05, 3.63) is 47.2 Å². The molecule has 0 saturated carbocycles. The number of benzene rings is 1. The van der Waals surface area contributed by atoms with Crippen LogP contribution < -0.4 is 0 Å². The van der Waals surface area contributed by atoms with Crippen LogP contribution in [0.4, 0.5) is 0 Å². The van der Waals surface area contributed by atoms with Gasteiger partial charge in [-0.25, -0.2) is 0 Å². The number of rotatable bonds is 4. The zero-order chi connectivity index (χ0) is 16.4. The van der Waals surface area contributed by atoms with Gasteiger partial charge in [-0.3, -0.25) is 9.69 Å². The normalized spacial score (nSPS) is 18.0. The number of hydrogen-bond donors (Lipinski definition) is 0. The Bertz CT molecular complexity index is 670. The van der Waals surface area contributed by atoms with Gasteiger partial charge in [-0.05, 0) is 39.8 Å². The summed E-state index contributed by atoms with van der Waals surface area (Å²) >= 11 is 0. The van der Waals surface area contributed by atoms with Crippen molar-refractivity contribution in [1.82, 2.24) is 15.1 Å². The van der Waals surface area contributed by atoms with Crippen molar-refractivity contribution in [2.24, 2.45) is 5.92 Å². The van der Waals surface area contributed by atoms with Crippen LogP contribution in [0.15, 0.2) is 28.7 Å². The van der Waals surface area contributed by atoms with Crippen molar-refractivity contribution >= 4 is 5.78 Å². The van der Waals surface area contributed by atoms with Gasteiger partial charge in [-0.2, -0.15) is 0 Å². The maximum atomic E-state index is 12.6.